The maximum Gasteiger partial charge on any atom is 0.326 e. The second-order valence-electron chi connectivity index (χ2n) is 6.92. The molecule has 3 atom stereocenters. The van der Waals surface area contributed by atoms with Crippen LogP contribution in [0.1, 0.15) is 58.8 Å². The monoisotopic (exact) mass is 296 g/mol. The van der Waals surface area contributed by atoms with E-state index in [1.807, 2.05) is 18.7 Å². The van der Waals surface area contributed by atoms with Crippen molar-refractivity contribution in [2.75, 3.05) is 6.54 Å². The van der Waals surface area contributed by atoms with Gasteiger partial charge in [0.1, 0.15) is 6.04 Å². The van der Waals surface area contributed by atoms with Crippen LogP contribution in [-0.2, 0) is 4.79 Å². The number of amides is 2. The van der Waals surface area contributed by atoms with Crippen molar-refractivity contribution in [1.29, 1.82) is 0 Å². The number of carbonyl (C=O) groups is 2. The van der Waals surface area contributed by atoms with E-state index in [9.17, 15) is 14.7 Å². The van der Waals surface area contributed by atoms with Gasteiger partial charge in [-0.2, -0.15) is 0 Å². The van der Waals surface area contributed by atoms with Crippen LogP contribution in [0.25, 0.3) is 0 Å². The average molecular weight is 296 g/mol. The van der Waals surface area contributed by atoms with E-state index >= 15 is 0 Å². The van der Waals surface area contributed by atoms with Crippen LogP contribution < -0.4 is 5.32 Å². The summed E-state index contributed by atoms with van der Waals surface area (Å²) in [5.74, 6) is -0.0731. The van der Waals surface area contributed by atoms with Crippen molar-refractivity contribution < 1.29 is 14.7 Å². The molecule has 2 N–H and O–H groups in total. The van der Waals surface area contributed by atoms with Gasteiger partial charge in [-0.15, -0.1) is 0 Å². The first-order valence-corrected chi connectivity index (χ1v) is 8.29. The maximum atomic E-state index is 12.5. The lowest BCUT2D eigenvalue weighted by molar-refractivity contribution is -0.139. The SMILES string of the molecule is CC(C)C[C@H](NC(=O)N1CCCC2CCCCC21)C(=O)O. The first-order valence-electron chi connectivity index (χ1n) is 8.29. The zero-order chi connectivity index (χ0) is 15.4. The van der Waals surface area contributed by atoms with Crippen molar-refractivity contribution in [3.05, 3.63) is 0 Å². The quantitative estimate of drug-likeness (QED) is 0.838. The molecular weight excluding hydrogens is 268 g/mol. The third-order valence-electron chi connectivity index (χ3n) is 4.81. The van der Waals surface area contributed by atoms with Crippen LogP contribution in [0.15, 0.2) is 0 Å². The molecule has 2 unspecified atom stereocenters. The molecule has 0 aromatic heterocycles. The fourth-order valence-electron chi connectivity index (χ4n) is 3.80. The van der Waals surface area contributed by atoms with E-state index in [-0.39, 0.29) is 11.9 Å². The number of nitrogens with one attached hydrogen (secondary N) is 1. The summed E-state index contributed by atoms with van der Waals surface area (Å²) in [5.41, 5.74) is 0. The second-order valence-corrected chi connectivity index (χ2v) is 6.92. The number of urea groups is 1. The Balaban J connectivity index is 1.98. The molecule has 1 saturated carbocycles. The van der Waals surface area contributed by atoms with Crippen LogP contribution in [0.3, 0.4) is 0 Å². The molecule has 1 aliphatic carbocycles. The van der Waals surface area contributed by atoms with Crippen molar-refractivity contribution in [2.45, 2.75) is 70.9 Å². The predicted octanol–water partition coefficient (Wildman–Crippen LogP) is 2.85. The minimum Gasteiger partial charge on any atom is -0.480 e. The average Bonchev–Trinajstić information content (AvgIpc) is 2.45. The first-order chi connectivity index (χ1) is 9.99. The lowest BCUT2D eigenvalue weighted by Crippen LogP contribution is -2.56. The van der Waals surface area contributed by atoms with Gasteiger partial charge in [-0.1, -0.05) is 26.7 Å². The maximum absolute atomic E-state index is 12.5. The number of rotatable bonds is 4. The van der Waals surface area contributed by atoms with Gasteiger partial charge in [0.15, 0.2) is 0 Å². The second kappa shape index (κ2) is 7.14. The lowest BCUT2D eigenvalue weighted by Gasteiger charge is -2.44. The summed E-state index contributed by atoms with van der Waals surface area (Å²) in [6, 6.07) is -0.637. The normalized spacial score (nSPS) is 27.1. The van der Waals surface area contributed by atoms with Crippen LogP contribution in [0.5, 0.6) is 0 Å². The fraction of sp³-hybridized carbons (Fsp3) is 0.875. The number of carboxylic acid groups (broad SMARTS) is 1. The summed E-state index contributed by atoms with van der Waals surface area (Å²) < 4.78 is 0. The number of carbonyl (C=O) groups excluding carboxylic acids is 1. The molecule has 0 radical (unpaired) electrons. The summed E-state index contributed by atoms with van der Waals surface area (Å²) in [6.07, 6.45) is 7.45. The minimum atomic E-state index is -0.936. The largest absolute Gasteiger partial charge is 0.480 e. The number of likely N-dealkylation sites (tertiary alicyclic amines) is 1. The van der Waals surface area contributed by atoms with E-state index in [1.165, 1.54) is 25.7 Å². The van der Waals surface area contributed by atoms with Crippen LogP contribution in [0.2, 0.25) is 0 Å². The standard InChI is InChI=1S/C16H28N2O3/c1-11(2)10-13(15(19)20)17-16(21)18-9-5-7-12-6-3-4-8-14(12)18/h11-14H,3-10H2,1-2H3,(H,17,21)(H,19,20)/t12?,13-,14?/m0/s1. The van der Waals surface area contributed by atoms with Crippen molar-refractivity contribution in [3.8, 4) is 0 Å². The summed E-state index contributed by atoms with van der Waals surface area (Å²) in [7, 11) is 0. The molecule has 2 fully saturated rings. The van der Waals surface area contributed by atoms with E-state index in [0.29, 0.717) is 18.4 Å². The van der Waals surface area contributed by atoms with Crippen LogP contribution >= 0.6 is 0 Å². The Morgan fingerprint density at radius 2 is 1.86 bits per heavy atom. The van der Waals surface area contributed by atoms with E-state index < -0.39 is 12.0 Å². The van der Waals surface area contributed by atoms with Gasteiger partial charge in [0, 0.05) is 12.6 Å². The molecule has 0 spiro atoms. The third-order valence-corrected chi connectivity index (χ3v) is 4.81. The number of fused-ring (bicyclic) bond motifs is 1. The van der Waals surface area contributed by atoms with Crippen molar-refractivity contribution in [2.24, 2.45) is 11.8 Å². The number of hydrogen-bond acceptors (Lipinski definition) is 2. The highest BCUT2D eigenvalue weighted by Gasteiger charge is 2.36. The van der Waals surface area contributed by atoms with Gasteiger partial charge < -0.3 is 15.3 Å². The molecule has 0 bridgehead atoms. The molecule has 1 saturated heterocycles. The molecule has 21 heavy (non-hydrogen) atoms. The summed E-state index contributed by atoms with van der Waals surface area (Å²) in [6.45, 7) is 4.71. The van der Waals surface area contributed by atoms with Gasteiger partial charge in [0.25, 0.3) is 0 Å². The first kappa shape index (κ1) is 16.1. The third kappa shape index (κ3) is 4.11. The Labute approximate surface area is 127 Å². The van der Waals surface area contributed by atoms with Gasteiger partial charge in [0.2, 0.25) is 0 Å². The number of nitrogens with zero attached hydrogens (tertiary/aromatic N) is 1. The van der Waals surface area contributed by atoms with Gasteiger partial charge >= 0.3 is 12.0 Å². The number of carboxylic acids is 1. The highest BCUT2D eigenvalue weighted by molar-refractivity contribution is 5.82. The molecule has 5 nitrogen and oxygen atoms in total. The Morgan fingerprint density at radius 1 is 1.19 bits per heavy atom. The Morgan fingerprint density at radius 3 is 2.52 bits per heavy atom. The molecule has 2 amide bonds. The Hall–Kier alpha value is -1.26. The highest BCUT2D eigenvalue weighted by atomic mass is 16.4. The van der Waals surface area contributed by atoms with Gasteiger partial charge in [0.05, 0.1) is 0 Å². The molecule has 0 aromatic rings. The van der Waals surface area contributed by atoms with Crippen LogP contribution in [-0.4, -0.2) is 40.6 Å². The molecule has 1 aliphatic heterocycles. The fourth-order valence-corrected chi connectivity index (χ4v) is 3.80. The Bertz CT molecular complexity index is 382. The van der Waals surface area contributed by atoms with E-state index in [0.717, 1.165) is 19.4 Å². The highest BCUT2D eigenvalue weighted by Crippen LogP contribution is 2.35. The zero-order valence-corrected chi connectivity index (χ0v) is 13.2. The molecule has 120 valence electrons. The van der Waals surface area contributed by atoms with Crippen molar-refractivity contribution in [1.82, 2.24) is 10.2 Å². The zero-order valence-electron chi connectivity index (χ0n) is 13.2. The summed E-state index contributed by atoms with van der Waals surface area (Å²) in [4.78, 5) is 25.7. The molecular formula is C16H28N2O3. The molecule has 1 heterocycles. The molecule has 5 heteroatoms. The van der Waals surface area contributed by atoms with Gasteiger partial charge in [-0.3, -0.25) is 0 Å². The number of aliphatic carboxylic acids is 1. The van der Waals surface area contributed by atoms with E-state index in [4.69, 9.17) is 0 Å². The molecule has 2 aliphatic rings. The summed E-state index contributed by atoms with van der Waals surface area (Å²) >= 11 is 0. The van der Waals surface area contributed by atoms with Crippen LogP contribution in [0.4, 0.5) is 4.79 Å². The van der Waals surface area contributed by atoms with Gasteiger partial charge in [-0.05, 0) is 43.9 Å². The van der Waals surface area contributed by atoms with Crippen molar-refractivity contribution >= 4 is 12.0 Å². The lowest BCUT2D eigenvalue weighted by atomic mass is 9.78. The van der Waals surface area contributed by atoms with E-state index in [1.54, 1.807) is 0 Å². The minimum absolute atomic E-state index is 0.181. The smallest absolute Gasteiger partial charge is 0.326 e. The number of piperidine rings is 1. The van der Waals surface area contributed by atoms with Crippen LogP contribution in [0, 0.1) is 11.8 Å². The van der Waals surface area contributed by atoms with E-state index in [2.05, 4.69) is 5.32 Å². The number of hydrogen-bond donors (Lipinski definition) is 2. The topological polar surface area (TPSA) is 69.6 Å². The Kier molecular flexibility index (Phi) is 5.48. The predicted molar refractivity (Wildman–Crippen MR) is 81.1 cm³/mol. The summed E-state index contributed by atoms with van der Waals surface area (Å²) in [5, 5.41) is 12.0. The van der Waals surface area contributed by atoms with Crippen molar-refractivity contribution in [3.63, 3.8) is 0 Å². The molecule has 0 aromatic carbocycles. The molecule has 2 rings (SSSR count). The van der Waals surface area contributed by atoms with Gasteiger partial charge in [-0.25, -0.2) is 9.59 Å².